The molecule has 202 valence electrons. The lowest BCUT2D eigenvalue weighted by Gasteiger charge is -2.29. The van der Waals surface area contributed by atoms with E-state index in [0.29, 0.717) is 16.4 Å². The van der Waals surface area contributed by atoms with Crippen molar-refractivity contribution in [1.29, 1.82) is 0 Å². The van der Waals surface area contributed by atoms with Crippen molar-refractivity contribution >= 4 is 46.5 Å². The second kappa shape index (κ2) is 18.1. The molecule has 36 heavy (non-hydrogen) atoms. The lowest BCUT2D eigenvalue weighted by atomic mass is 9.98. The van der Waals surface area contributed by atoms with Gasteiger partial charge in [0, 0.05) is 0 Å². The smallest absolute Gasteiger partial charge is 0.408 e. The van der Waals surface area contributed by atoms with Crippen molar-refractivity contribution in [3.05, 3.63) is 35.9 Å². The van der Waals surface area contributed by atoms with Crippen LogP contribution in [-0.4, -0.2) is 47.3 Å². The third-order valence-corrected chi connectivity index (χ3v) is 6.92. The summed E-state index contributed by atoms with van der Waals surface area (Å²) >= 11 is 11.5. The number of carbonyl (C=O) groups is 2. The Bertz CT molecular complexity index is 822. The molecule has 0 spiro atoms. The molecule has 0 saturated carbocycles. The maximum absolute atomic E-state index is 12.5. The topological polar surface area (TPSA) is 88.7 Å². The maximum Gasteiger partial charge on any atom is 0.408 e. The van der Waals surface area contributed by atoms with Crippen LogP contribution in [0.3, 0.4) is 0 Å². The molecular formula is C27H43N3O4S2. The SMILES string of the molecule is CCCC[C@H](NC(=O)OCc1ccccc1)C(=S)N[C@@H](CCCC)C(=S)N[C@H](C(=O)OC)[C@@H](C)CC. The van der Waals surface area contributed by atoms with Gasteiger partial charge in [0.25, 0.3) is 0 Å². The van der Waals surface area contributed by atoms with Crippen molar-refractivity contribution < 1.29 is 19.1 Å². The van der Waals surface area contributed by atoms with Crippen LogP contribution in [-0.2, 0) is 20.9 Å². The molecule has 0 radical (unpaired) electrons. The van der Waals surface area contributed by atoms with Crippen LogP contribution >= 0.6 is 24.4 Å². The quantitative estimate of drug-likeness (QED) is 0.189. The predicted molar refractivity (Wildman–Crippen MR) is 153 cm³/mol. The van der Waals surface area contributed by atoms with Crippen molar-refractivity contribution in [1.82, 2.24) is 16.0 Å². The average Bonchev–Trinajstić information content (AvgIpc) is 2.90. The average molecular weight is 538 g/mol. The van der Waals surface area contributed by atoms with Gasteiger partial charge in [-0.3, -0.25) is 0 Å². The Morgan fingerprint density at radius 2 is 1.44 bits per heavy atom. The highest BCUT2D eigenvalue weighted by Gasteiger charge is 2.29. The summed E-state index contributed by atoms with van der Waals surface area (Å²) in [4.78, 5) is 25.9. The van der Waals surface area contributed by atoms with Crippen molar-refractivity contribution in [3.8, 4) is 0 Å². The molecule has 0 unspecified atom stereocenters. The van der Waals surface area contributed by atoms with Crippen LogP contribution in [0.25, 0.3) is 0 Å². The Balaban J connectivity index is 2.89. The largest absolute Gasteiger partial charge is 0.467 e. The molecular weight excluding hydrogens is 494 g/mol. The molecule has 3 N–H and O–H groups in total. The number of esters is 1. The van der Waals surface area contributed by atoms with Gasteiger partial charge in [-0.1, -0.05) is 115 Å². The predicted octanol–water partition coefficient (Wildman–Crippen LogP) is 5.45. The minimum atomic E-state index is -0.533. The van der Waals surface area contributed by atoms with Gasteiger partial charge in [0.1, 0.15) is 12.6 Å². The first-order valence-electron chi connectivity index (χ1n) is 12.9. The Hall–Kier alpha value is -2.26. The number of alkyl carbamates (subject to hydrolysis) is 1. The van der Waals surface area contributed by atoms with Crippen LogP contribution < -0.4 is 16.0 Å². The molecule has 4 atom stereocenters. The molecule has 0 saturated heterocycles. The van der Waals surface area contributed by atoms with E-state index in [0.717, 1.165) is 44.1 Å². The first-order chi connectivity index (χ1) is 17.3. The number of methoxy groups -OCH3 is 1. The number of nitrogens with one attached hydrogen (secondary N) is 3. The number of unbranched alkanes of at least 4 members (excludes halogenated alkanes) is 2. The summed E-state index contributed by atoms with van der Waals surface area (Å²) in [6, 6.07) is 8.34. The lowest BCUT2D eigenvalue weighted by molar-refractivity contribution is -0.144. The van der Waals surface area contributed by atoms with Crippen LogP contribution in [0.1, 0.15) is 78.2 Å². The number of hydrogen-bond acceptors (Lipinski definition) is 6. The molecule has 0 fully saturated rings. The lowest BCUT2D eigenvalue weighted by Crippen LogP contribution is -2.55. The summed E-state index contributed by atoms with van der Waals surface area (Å²) in [5, 5.41) is 9.50. The molecule has 0 heterocycles. The van der Waals surface area contributed by atoms with Crippen molar-refractivity contribution in [2.24, 2.45) is 5.92 Å². The monoisotopic (exact) mass is 537 g/mol. The third kappa shape index (κ3) is 11.6. The molecule has 9 heteroatoms. The number of hydrogen-bond donors (Lipinski definition) is 3. The van der Waals surface area contributed by atoms with Crippen LogP contribution in [0.4, 0.5) is 4.79 Å². The summed E-state index contributed by atoms with van der Waals surface area (Å²) in [6.07, 6.45) is 5.49. The van der Waals surface area contributed by atoms with Crippen LogP contribution in [0.2, 0.25) is 0 Å². The summed E-state index contributed by atoms with van der Waals surface area (Å²) in [6.45, 7) is 8.39. The summed E-state index contributed by atoms with van der Waals surface area (Å²) in [5.41, 5.74) is 0.913. The number of ether oxygens (including phenoxy) is 2. The van der Waals surface area contributed by atoms with Crippen LogP contribution in [0.5, 0.6) is 0 Å². The summed E-state index contributed by atoms with van der Waals surface area (Å²) in [5.74, 6) is -0.292. The van der Waals surface area contributed by atoms with E-state index < -0.39 is 12.1 Å². The van der Waals surface area contributed by atoms with Gasteiger partial charge in [-0.25, -0.2) is 9.59 Å². The minimum absolute atomic E-state index is 0.0486. The highest BCUT2D eigenvalue weighted by molar-refractivity contribution is 7.81. The standard InChI is InChI=1S/C27H43N3O4S2/c1-6-9-16-21(25(36)30-23(19(4)8-3)26(31)33-5)28-24(35)22(17-10-7-2)29-27(32)34-18-20-14-12-11-13-15-20/h11-15,19,21-23H,6-10,16-18H2,1-5H3,(H,28,35)(H,29,32)(H,30,36)/t19-,21-,22-,23-/m0/s1. The van der Waals surface area contributed by atoms with Gasteiger partial charge in [-0.2, -0.15) is 0 Å². The summed E-state index contributed by atoms with van der Waals surface area (Å²) in [7, 11) is 1.38. The number of carbonyl (C=O) groups excluding carboxylic acids is 2. The third-order valence-electron chi connectivity index (χ3n) is 6.11. The van der Waals surface area contributed by atoms with Gasteiger partial charge in [0.15, 0.2) is 0 Å². The molecule has 1 aromatic rings. The second-order valence-corrected chi connectivity index (χ2v) is 9.88. The molecule has 0 aliphatic rings. The van der Waals surface area contributed by atoms with Crippen LogP contribution in [0, 0.1) is 5.92 Å². The molecule has 0 bridgehead atoms. The van der Waals surface area contributed by atoms with E-state index >= 15 is 0 Å². The van der Waals surface area contributed by atoms with Gasteiger partial charge in [-0.15, -0.1) is 0 Å². The van der Waals surface area contributed by atoms with E-state index in [1.165, 1.54) is 7.11 Å². The summed E-state index contributed by atoms with van der Waals surface area (Å²) < 4.78 is 10.4. The number of rotatable bonds is 16. The Morgan fingerprint density at radius 1 is 0.889 bits per heavy atom. The zero-order valence-corrected chi connectivity index (χ0v) is 23.9. The number of thiocarbonyl (C=S) groups is 2. The van der Waals surface area contributed by atoms with E-state index in [2.05, 4.69) is 29.8 Å². The number of amides is 1. The van der Waals surface area contributed by atoms with Gasteiger partial charge in [0.05, 0.1) is 29.2 Å². The highest BCUT2D eigenvalue weighted by atomic mass is 32.1. The van der Waals surface area contributed by atoms with E-state index in [9.17, 15) is 9.59 Å². The highest BCUT2D eigenvalue weighted by Crippen LogP contribution is 2.12. The Kier molecular flexibility index (Phi) is 15.9. The minimum Gasteiger partial charge on any atom is -0.467 e. The zero-order valence-electron chi connectivity index (χ0n) is 22.3. The first-order valence-corrected chi connectivity index (χ1v) is 13.7. The molecule has 7 nitrogen and oxygen atoms in total. The Labute approximate surface area is 227 Å². The molecule has 1 aromatic carbocycles. The molecule has 0 aromatic heterocycles. The fourth-order valence-corrected chi connectivity index (χ4v) is 4.21. The second-order valence-electron chi connectivity index (χ2n) is 9.00. The van der Waals surface area contributed by atoms with Crippen molar-refractivity contribution in [3.63, 3.8) is 0 Å². The molecule has 1 amide bonds. The fraction of sp³-hybridized carbons (Fsp3) is 0.630. The molecule has 0 aliphatic carbocycles. The van der Waals surface area contributed by atoms with Crippen molar-refractivity contribution in [2.45, 2.75) is 97.4 Å². The van der Waals surface area contributed by atoms with E-state index in [4.69, 9.17) is 33.9 Å². The Morgan fingerprint density at radius 3 is 1.97 bits per heavy atom. The van der Waals surface area contributed by atoms with Crippen molar-refractivity contribution in [2.75, 3.05) is 7.11 Å². The van der Waals surface area contributed by atoms with E-state index in [1.54, 1.807) is 0 Å². The molecule has 0 aliphatic heterocycles. The van der Waals surface area contributed by atoms with E-state index in [1.807, 2.05) is 44.2 Å². The van der Waals surface area contributed by atoms with E-state index in [-0.39, 0.29) is 30.6 Å². The maximum atomic E-state index is 12.5. The zero-order chi connectivity index (χ0) is 26.9. The van der Waals surface area contributed by atoms with Gasteiger partial charge in [-0.05, 0) is 24.3 Å². The van der Waals surface area contributed by atoms with Gasteiger partial charge >= 0.3 is 12.1 Å². The van der Waals surface area contributed by atoms with Gasteiger partial charge in [0.2, 0.25) is 0 Å². The van der Waals surface area contributed by atoms with Gasteiger partial charge < -0.3 is 25.4 Å². The fourth-order valence-electron chi connectivity index (χ4n) is 3.58. The molecule has 1 rings (SSSR count). The van der Waals surface area contributed by atoms with Crippen LogP contribution in [0.15, 0.2) is 30.3 Å². The first kappa shape index (κ1) is 31.8. The number of benzene rings is 1. The normalized spacial score (nSPS) is 14.0.